The lowest BCUT2D eigenvalue weighted by atomic mass is 9.94. The molecular weight excluding hydrogens is 371 g/mol. The zero-order valence-corrected chi connectivity index (χ0v) is 13.2. The highest BCUT2D eigenvalue weighted by atomic mass is 127. The van der Waals surface area contributed by atoms with Gasteiger partial charge in [0.1, 0.15) is 0 Å². The Labute approximate surface area is 131 Å². The molecule has 0 aromatic heterocycles. The van der Waals surface area contributed by atoms with E-state index >= 15 is 0 Å². The van der Waals surface area contributed by atoms with E-state index in [4.69, 9.17) is 5.11 Å². The molecule has 1 fully saturated rings. The second-order valence-corrected chi connectivity index (χ2v) is 6.10. The number of hydrogen-bond acceptors (Lipinski definition) is 2. The van der Waals surface area contributed by atoms with Crippen LogP contribution in [0, 0.1) is 9.49 Å². The number of benzene rings is 1. The smallest absolute Gasteiger partial charge is 0.321 e. The summed E-state index contributed by atoms with van der Waals surface area (Å²) >= 11 is 2.18. The molecule has 1 heterocycles. The minimum atomic E-state index is -0.758. The molecule has 20 heavy (non-hydrogen) atoms. The van der Waals surface area contributed by atoms with E-state index in [9.17, 15) is 9.59 Å². The van der Waals surface area contributed by atoms with Crippen LogP contribution in [0.3, 0.4) is 0 Å². The Bertz CT molecular complexity index is 499. The van der Waals surface area contributed by atoms with E-state index in [0.717, 1.165) is 22.1 Å². The number of anilines is 1. The van der Waals surface area contributed by atoms with Gasteiger partial charge in [-0.05, 0) is 53.5 Å². The summed E-state index contributed by atoms with van der Waals surface area (Å²) in [7, 11) is 0. The number of carbonyl (C=O) groups excluding carboxylic acids is 1. The third kappa shape index (κ3) is 4.09. The van der Waals surface area contributed by atoms with Crippen LogP contribution in [-0.4, -0.2) is 35.1 Å². The van der Waals surface area contributed by atoms with Crippen LogP contribution in [0.1, 0.15) is 19.3 Å². The van der Waals surface area contributed by atoms with E-state index in [1.54, 1.807) is 4.90 Å². The van der Waals surface area contributed by atoms with Crippen molar-refractivity contribution in [1.29, 1.82) is 0 Å². The number of amides is 2. The first kappa shape index (κ1) is 15.1. The number of rotatable bonds is 3. The van der Waals surface area contributed by atoms with Crippen LogP contribution in [0.4, 0.5) is 10.5 Å². The number of nitrogens with zero attached hydrogens (tertiary/aromatic N) is 1. The second-order valence-electron chi connectivity index (χ2n) is 4.94. The summed E-state index contributed by atoms with van der Waals surface area (Å²) in [5.41, 5.74) is 0.811. The maximum Gasteiger partial charge on any atom is 0.321 e. The molecule has 6 heteroatoms. The number of nitrogens with one attached hydrogen (secondary N) is 1. The maximum absolute atomic E-state index is 12.1. The van der Waals surface area contributed by atoms with E-state index in [-0.39, 0.29) is 18.4 Å². The number of carboxylic acid groups (broad SMARTS) is 1. The average molecular weight is 388 g/mol. The molecule has 0 aliphatic carbocycles. The predicted octanol–water partition coefficient (Wildman–Crippen LogP) is 3.01. The Kier molecular flexibility index (Phi) is 5.22. The van der Waals surface area contributed by atoms with Gasteiger partial charge in [0.05, 0.1) is 5.69 Å². The van der Waals surface area contributed by atoms with Crippen molar-refractivity contribution in [2.45, 2.75) is 19.3 Å². The Hall–Kier alpha value is -1.31. The Morgan fingerprint density at radius 3 is 2.55 bits per heavy atom. The van der Waals surface area contributed by atoms with Crippen LogP contribution in [-0.2, 0) is 4.79 Å². The predicted molar refractivity (Wildman–Crippen MR) is 84.7 cm³/mol. The quantitative estimate of drug-likeness (QED) is 0.783. The Balaban J connectivity index is 1.86. The largest absolute Gasteiger partial charge is 0.481 e. The molecule has 1 aromatic carbocycles. The normalized spacial score (nSPS) is 15.9. The second kappa shape index (κ2) is 6.92. The van der Waals surface area contributed by atoms with Crippen LogP contribution in [0.15, 0.2) is 24.3 Å². The van der Waals surface area contributed by atoms with Crippen molar-refractivity contribution in [2.24, 2.45) is 5.92 Å². The molecule has 1 aliphatic rings. The highest BCUT2D eigenvalue weighted by Crippen LogP contribution is 2.22. The number of carboxylic acids is 1. The van der Waals surface area contributed by atoms with E-state index in [0.29, 0.717) is 13.1 Å². The first-order chi connectivity index (χ1) is 9.56. The monoisotopic (exact) mass is 388 g/mol. The molecule has 1 aliphatic heterocycles. The van der Waals surface area contributed by atoms with E-state index < -0.39 is 5.97 Å². The van der Waals surface area contributed by atoms with Crippen molar-refractivity contribution in [3.63, 3.8) is 0 Å². The molecule has 0 bridgehead atoms. The fourth-order valence-electron chi connectivity index (χ4n) is 2.34. The molecule has 0 spiro atoms. The van der Waals surface area contributed by atoms with Crippen molar-refractivity contribution in [3.8, 4) is 0 Å². The van der Waals surface area contributed by atoms with Crippen molar-refractivity contribution >= 4 is 40.3 Å². The number of carbonyl (C=O) groups is 2. The van der Waals surface area contributed by atoms with Crippen molar-refractivity contribution in [1.82, 2.24) is 4.90 Å². The zero-order valence-electron chi connectivity index (χ0n) is 11.0. The Morgan fingerprint density at radius 1 is 1.30 bits per heavy atom. The summed E-state index contributed by atoms with van der Waals surface area (Å²) in [4.78, 5) is 24.6. The molecule has 0 unspecified atom stereocenters. The highest BCUT2D eigenvalue weighted by Gasteiger charge is 2.24. The van der Waals surface area contributed by atoms with E-state index in [1.165, 1.54) is 0 Å². The van der Waals surface area contributed by atoms with Gasteiger partial charge < -0.3 is 15.3 Å². The van der Waals surface area contributed by atoms with Gasteiger partial charge in [-0.15, -0.1) is 0 Å². The Morgan fingerprint density at radius 2 is 1.95 bits per heavy atom. The van der Waals surface area contributed by atoms with Crippen LogP contribution < -0.4 is 5.32 Å². The van der Waals surface area contributed by atoms with Gasteiger partial charge in [-0.2, -0.15) is 0 Å². The molecule has 2 rings (SSSR count). The van der Waals surface area contributed by atoms with Crippen LogP contribution in [0.5, 0.6) is 0 Å². The molecule has 2 N–H and O–H groups in total. The summed E-state index contributed by atoms with van der Waals surface area (Å²) in [6.45, 7) is 1.24. The van der Waals surface area contributed by atoms with Gasteiger partial charge >= 0.3 is 12.0 Å². The van der Waals surface area contributed by atoms with Gasteiger partial charge in [0.2, 0.25) is 0 Å². The molecule has 0 atom stereocenters. The number of aliphatic carboxylic acids is 1. The van der Waals surface area contributed by atoms with Crippen LogP contribution in [0.2, 0.25) is 0 Å². The van der Waals surface area contributed by atoms with Crippen molar-refractivity contribution < 1.29 is 14.7 Å². The molecular formula is C14H17IN2O3. The minimum absolute atomic E-state index is 0.108. The fourth-order valence-corrected chi connectivity index (χ4v) is 2.87. The van der Waals surface area contributed by atoms with Crippen LogP contribution in [0.25, 0.3) is 0 Å². The first-order valence-corrected chi connectivity index (χ1v) is 7.66. The summed E-state index contributed by atoms with van der Waals surface area (Å²) < 4.78 is 0.999. The SMILES string of the molecule is O=C(O)CC1CCN(C(=O)Nc2ccccc2I)CC1. The summed E-state index contributed by atoms with van der Waals surface area (Å²) in [6.07, 6.45) is 1.71. The minimum Gasteiger partial charge on any atom is -0.481 e. The summed E-state index contributed by atoms with van der Waals surface area (Å²) in [5.74, 6) is -0.569. The van der Waals surface area contributed by atoms with E-state index in [2.05, 4.69) is 27.9 Å². The number of para-hydroxylation sites is 1. The number of likely N-dealkylation sites (tertiary alicyclic amines) is 1. The topological polar surface area (TPSA) is 69.6 Å². The summed E-state index contributed by atoms with van der Waals surface area (Å²) in [5, 5.41) is 11.7. The molecule has 5 nitrogen and oxygen atoms in total. The lowest BCUT2D eigenvalue weighted by Crippen LogP contribution is -2.41. The van der Waals surface area contributed by atoms with Gasteiger partial charge in [-0.3, -0.25) is 4.79 Å². The number of piperidine rings is 1. The van der Waals surface area contributed by atoms with Gasteiger partial charge in [-0.1, -0.05) is 12.1 Å². The third-order valence-electron chi connectivity index (χ3n) is 3.48. The molecule has 0 saturated carbocycles. The van der Waals surface area contributed by atoms with Crippen molar-refractivity contribution in [2.75, 3.05) is 18.4 Å². The molecule has 1 aromatic rings. The molecule has 0 radical (unpaired) electrons. The lowest BCUT2D eigenvalue weighted by molar-refractivity contribution is -0.138. The summed E-state index contributed by atoms with van der Waals surface area (Å²) in [6, 6.07) is 7.51. The maximum atomic E-state index is 12.1. The molecule has 1 saturated heterocycles. The molecule has 108 valence electrons. The first-order valence-electron chi connectivity index (χ1n) is 6.58. The van der Waals surface area contributed by atoms with Gasteiger partial charge in [-0.25, -0.2) is 4.79 Å². The van der Waals surface area contributed by atoms with Gasteiger partial charge in [0.15, 0.2) is 0 Å². The van der Waals surface area contributed by atoms with Gasteiger partial charge in [0.25, 0.3) is 0 Å². The zero-order chi connectivity index (χ0) is 14.5. The number of urea groups is 1. The number of hydrogen-bond donors (Lipinski definition) is 2. The van der Waals surface area contributed by atoms with E-state index in [1.807, 2.05) is 24.3 Å². The van der Waals surface area contributed by atoms with Crippen molar-refractivity contribution in [3.05, 3.63) is 27.8 Å². The van der Waals surface area contributed by atoms with Crippen LogP contribution >= 0.6 is 22.6 Å². The lowest BCUT2D eigenvalue weighted by Gasteiger charge is -2.31. The third-order valence-corrected chi connectivity index (χ3v) is 4.42. The standard InChI is InChI=1S/C14H17IN2O3/c15-11-3-1-2-4-12(11)16-14(20)17-7-5-10(6-8-17)9-13(18)19/h1-4,10H,5-9H2,(H,16,20)(H,18,19). The average Bonchev–Trinajstić information content (AvgIpc) is 2.41. The number of halogens is 1. The molecule has 2 amide bonds. The van der Waals surface area contributed by atoms with Gasteiger partial charge in [0, 0.05) is 23.1 Å². The fraction of sp³-hybridized carbons (Fsp3) is 0.429. The highest BCUT2D eigenvalue weighted by molar-refractivity contribution is 14.1.